The van der Waals surface area contributed by atoms with Gasteiger partial charge in [-0.15, -0.1) is 23.7 Å². The van der Waals surface area contributed by atoms with Gasteiger partial charge in [-0.2, -0.15) is 0 Å². The van der Waals surface area contributed by atoms with E-state index in [1.165, 1.54) is 11.3 Å². The zero-order valence-corrected chi connectivity index (χ0v) is 12.9. The van der Waals surface area contributed by atoms with Crippen LogP contribution in [0.3, 0.4) is 0 Å². The van der Waals surface area contributed by atoms with Crippen molar-refractivity contribution in [2.45, 2.75) is 31.7 Å². The van der Waals surface area contributed by atoms with Crippen LogP contribution in [0.25, 0.3) is 0 Å². The van der Waals surface area contributed by atoms with Gasteiger partial charge in [-0.25, -0.2) is 13.1 Å². The van der Waals surface area contributed by atoms with E-state index >= 15 is 0 Å². The molecular formula is C10H19ClN2O2S2. The van der Waals surface area contributed by atoms with Gasteiger partial charge in [-0.1, -0.05) is 0 Å². The Morgan fingerprint density at radius 2 is 2.00 bits per heavy atom. The van der Waals surface area contributed by atoms with Crippen molar-refractivity contribution in [1.82, 2.24) is 10.0 Å². The van der Waals surface area contributed by atoms with Crippen molar-refractivity contribution in [2.24, 2.45) is 0 Å². The Hall–Kier alpha value is -0.140. The van der Waals surface area contributed by atoms with Crippen LogP contribution in [0.1, 0.15) is 16.7 Å². The van der Waals surface area contributed by atoms with Gasteiger partial charge in [-0.3, -0.25) is 0 Å². The molecule has 0 aromatic carbocycles. The van der Waals surface area contributed by atoms with Crippen LogP contribution in [0.2, 0.25) is 0 Å². The number of thiophene rings is 1. The third-order valence-corrected chi connectivity index (χ3v) is 5.00. The second kappa shape index (κ2) is 6.70. The lowest BCUT2D eigenvalue weighted by Crippen LogP contribution is -2.37. The molecule has 0 saturated carbocycles. The van der Waals surface area contributed by atoms with Crippen LogP contribution in [-0.4, -0.2) is 28.1 Å². The maximum Gasteiger partial charge on any atom is 0.241 e. The second-order valence-corrected chi connectivity index (χ2v) is 7.01. The van der Waals surface area contributed by atoms with E-state index in [-0.39, 0.29) is 18.4 Å². The van der Waals surface area contributed by atoms with Crippen molar-refractivity contribution in [2.75, 3.05) is 13.6 Å². The number of aryl methyl sites for hydroxylation is 2. The first-order valence-electron chi connectivity index (χ1n) is 5.11. The zero-order chi connectivity index (χ0) is 12.3. The van der Waals surface area contributed by atoms with Crippen molar-refractivity contribution in [3.63, 3.8) is 0 Å². The summed E-state index contributed by atoms with van der Waals surface area (Å²) in [6.45, 7) is 6.06. The van der Waals surface area contributed by atoms with Crippen LogP contribution in [0.5, 0.6) is 0 Å². The molecule has 0 spiro atoms. The highest BCUT2D eigenvalue weighted by Gasteiger charge is 2.19. The molecule has 0 fully saturated rings. The standard InChI is InChI=1S/C10H18N2O2S2.ClH/c1-7(11-4)6-12-16(13,14)10-5-8(2)15-9(10)3;/h5,7,11-12H,6H2,1-4H3;1H. The third-order valence-electron chi connectivity index (χ3n) is 2.36. The summed E-state index contributed by atoms with van der Waals surface area (Å²) >= 11 is 1.50. The third kappa shape index (κ3) is 4.56. The Morgan fingerprint density at radius 1 is 1.41 bits per heavy atom. The summed E-state index contributed by atoms with van der Waals surface area (Å²) in [7, 11) is -1.55. The van der Waals surface area contributed by atoms with Crippen molar-refractivity contribution in [1.29, 1.82) is 0 Å². The van der Waals surface area contributed by atoms with Gasteiger partial charge in [0.15, 0.2) is 0 Å². The predicted octanol–water partition coefficient (Wildman–Crippen LogP) is 1.67. The lowest BCUT2D eigenvalue weighted by atomic mass is 10.4. The summed E-state index contributed by atoms with van der Waals surface area (Å²) < 4.78 is 26.5. The summed E-state index contributed by atoms with van der Waals surface area (Å²) in [5.41, 5.74) is 0. The molecule has 100 valence electrons. The summed E-state index contributed by atoms with van der Waals surface area (Å²) in [6.07, 6.45) is 0. The second-order valence-electron chi connectivity index (χ2n) is 3.82. The summed E-state index contributed by atoms with van der Waals surface area (Å²) in [5, 5.41) is 2.98. The van der Waals surface area contributed by atoms with Crippen LogP contribution in [-0.2, 0) is 10.0 Å². The van der Waals surface area contributed by atoms with Crippen LogP contribution in [0.4, 0.5) is 0 Å². The Morgan fingerprint density at radius 3 is 2.41 bits per heavy atom. The van der Waals surface area contributed by atoms with E-state index in [1.54, 1.807) is 13.1 Å². The molecule has 1 atom stereocenters. The fraction of sp³-hybridized carbons (Fsp3) is 0.600. The molecule has 0 aliphatic heterocycles. The maximum absolute atomic E-state index is 12.0. The molecule has 0 bridgehead atoms. The first-order chi connectivity index (χ1) is 7.36. The van der Waals surface area contributed by atoms with Crippen LogP contribution < -0.4 is 10.0 Å². The molecule has 0 saturated heterocycles. The average molecular weight is 299 g/mol. The molecule has 0 amide bonds. The van der Waals surface area contributed by atoms with E-state index in [4.69, 9.17) is 0 Å². The minimum atomic E-state index is -3.35. The fourth-order valence-corrected chi connectivity index (χ4v) is 3.97. The minimum absolute atomic E-state index is 0. The highest BCUT2D eigenvalue weighted by Crippen LogP contribution is 2.24. The van der Waals surface area contributed by atoms with E-state index in [9.17, 15) is 8.42 Å². The number of nitrogens with one attached hydrogen (secondary N) is 2. The molecule has 2 N–H and O–H groups in total. The topological polar surface area (TPSA) is 58.2 Å². The smallest absolute Gasteiger partial charge is 0.241 e. The minimum Gasteiger partial charge on any atom is -0.316 e. The normalized spacial score (nSPS) is 13.2. The monoisotopic (exact) mass is 298 g/mol. The highest BCUT2D eigenvalue weighted by molar-refractivity contribution is 7.89. The summed E-state index contributed by atoms with van der Waals surface area (Å²) in [6, 6.07) is 1.83. The number of likely N-dealkylation sites (N-methyl/N-ethyl adjacent to an activating group) is 1. The number of hydrogen-bond donors (Lipinski definition) is 2. The van der Waals surface area contributed by atoms with Gasteiger partial charge >= 0.3 is 0 Å². The van der Waals surface area contributed by atoms with Gasteiger partial charge in [0.05, 0.1) is 4.90 Å². The molecule has 1 aromatic heterocycles. The highest BCUT2D eigenvalue weighted by atomic mass is 35.5. The van der Waals surface area contributed by atoms with E-state index in [0.717, 1.165) is 9.75 Å². The van der Waals surface area contributed by atoms with E-state index in [2.05, 4.69) is 10.0 Å². The SMILES string of the molecule is CNC(C)CNS(=O)(=O)c1cc(C)sc1C.Cl. The zero-order valence-electron chi connectivity index (χ0n) is 10.4. The van der Waals surface area contributed by atoms with Gasteiger partial charge in [0.2, 0.25) is 10.0 Å². The van der Waals surface area contributed by atoms with Gasteiger partial charge in [0.25, 0.3) is 0 Å². The van der Waals surface area contributed by atoms with E-state index in [0.29, 0.717) is 11.4 Å². The number of halogens is 1. The van der Waals surface area contributed by atoms with Gasteiger partial charge < -0.3 is 5.32 Å². The van der Waals surface area contributed by atoms with Crippen molar-refractivity contribution < 1.29 is 8.42 Å². The van der Waals surface area contributed by atoms with Crippen LogP contribution >= 0.6 is 23.7 Å². The molecule has 17 heavy (non-hydrogen) atoms. The Kier molecular flexibility index (Phi) is 6.65. The van der Waals surface area contributed by atoms with Crippen LogP contribution in [0, 0.1) is 13.8 Å². The van der Waals surface area contributed by atoms with Crippen molar-refractivity contribution in [3.05, 3.63) is 15.8 Å². The number of sulfonamides is 1. The lowest BCUT2D eigenvalue weighted by Gasteiger charge is -2.11. The summed E-state index contributed by atoms with van der Waals surface area (Å²) in [5.74, 6) is 0. The first kappa shape index (κ1) is 16.9. The number of rotatable bonds is 5. The molecule has 0 aliphatic carbocycles. The van der Waals surface area contributed by atoms with Gasteiger partial charge in [0.1, 0.15) is 0 Å². The lowest BCUT2D eigenvalue weighted by molar-refractivity contribution is 0.554. The fourth-order valence-electron chi connectivity index (χ4n) is 1.29. The van der Waals surface area contributed by atoms with Crippen molar-refractivity contribution >= 4 is 33.8 Å². The molecule has 7 heteroatoms. The summed E-state index contributed by atoms with van der Waals surface area (Å²) in [4.78, 5) is 2.25. The van der Waals surface area contributed by atoms with Crippen molar-refractivity contribution in [3.8, 4) is 0 Å². The largest absolute Gasteiger partial charge is 0.316 e. The van der Waals surface area contributed by atoms with E-state index in [1.807, 2.05) is 20.8 Å². The molecule has 1 aromatic rings. The average Bonchev–Trinajstić information content (AvgIpc) is 2.55. The predicted molar refractivity (Wildman–Crippen MR) is 74.8 cm³/mol. The molecule has 1 unspecified atom stereocenters. The first-order valence-corrected chi connectivity index (χ1v) is 7.40. The molecular weight excluding hydrogens is 280 g/mol. The van der Waals surface area contributed by atoms with Gasteiger partial charge in [-0.05, 0) is 33.9 Å². The van der Waals surface area contributed by atoms with E-state index < -0.39 is 10.0 Å². The molecule has 4 nitrogen and oxygen atoms in total. The molecule has 0 aliphatic rings. The molecule has 1 heterocycles. The molecule has 1 rings (SSSR count). The Bertz CT molecular complexity index is 457. The Labute approximate surface area is 113 Å². The van der Waals surface area contributed by atoms with Crippen LogP contribution in [0.15, 0.2) is 11.0 Å². The Balaban J connectivity index is 0.00000256. The molecule has 0 radical (unpaired) electrons. The maximum atomic E-state index is 12.0. The number of hydrogen-bond acceptors (Lipinski definition) is 4. The van der Waals surface area contributed by atoms with Gasteiger partial charge in [0, 0.05) is 22.3 Å². The quantitative estimate of drug-likeness (QED) is 0.869.